The molecule has 2 aromatic carbocycles. The molecule has 8 heteroatoms. The first kappa shape index (κ1) is 19.5. The molecule has 0 saturated heterocycles. The minimum Gasteiger partial charge on any atom is -0.360 e. The molecule has 1 fully saturated rings. The number of nitrogens with two attached hydrogens (primary N) is 1. The fourth-order valence-electron chi connectivity index (χ4n) is 3.81. The second kappa shape index (κ2) is 8.02. The van der Waals surface area contributed by atoms with Gasteiger partial charge in [-0.1, -0.05) is 35.9 Å². The summed E-state index contributed by atoms with van der Waals surface area (Å²) in [4.78, 5) is 24.5. The molecule has 2 aromatic heterocycles. The Morgan fingerprint density at radius 1 is 1.13 bits per heavy atom. The van der Waals surface area contributed by atoms with Gasteiger partial charge in [0.05, 0.1) is 16.9 Å². The summed E-state index contributed by atoms with van der Waals surface area (Å²) in [6.07, 6.45) is 4.95. The Bertz CT molecular complexity index is 1260. The first-order valence-electron chi connectivity index (χ1n) is 10.1. The number of fused-ring (bicyclic) bond motifs is 1. The van der Waals surface area contributed by atoms with Crippen LogP contribution in [-0.2, 0) is 4.79 Å². The van der Waals surface area contributed by atoms with Crippen molar-refractivity contribution in [2.24, 2.45) is 11.7 Å². The van der Waals surface area contributed by atoms with Gasteiger partial charge in [-0.25, -0.2) is 9.97 Å². The summed E-state index contributed by atoms with van der Waals surface area (Å²) < 4.78 is 0. The van der Waals surface area contributed by atoms with Crippen molar-refractivity contribution in [1.29, 1.82) is 0 Å². The predicted octanol–water partition coefficient (Wildman–Crippen LogP) is 4.70. The fraction of sp³-hybridized carbons (Fsp3) is 0.174. The van der Waals surface area contributed by atoms with E-state index in [4.69, 9.17) is 17.3 Å². The Labute approximate surface area is 184 Å². The van der Waals surface area contributed by atoms with Gasteiger partial charge in [0.1, 0.15) is 0 Å². The summed E-state index contributed by atoms with van der Waals surface area (Å²) in [7, 11) is 0. The number of aromatic nitrogens is 3. The molecule has 5 rings (SSSR count). The minimum atomic E-state index is -0.00931. The van der Waals surface area contributed by atoms with Crippen LogP contribution in [0.5, 0.6) is 0 Å². The Hall–Kier alpha value is -3.42. The number of hydrogen-bond acceptors (Lipinski definition) is 5. The SMILES string of the molecule is NC1CC(C(=O)Nc2cccc(Nc3ncc(Cl)c(-c4c[nH]c5ccccc45)n3)c2)C1. The number of carbonyl (C=O) groups excluding carboxylic acids is 1. The number of nitrogens with zero attached hydrogens (tertiary/aromatic N) is 2. The van der Waals surface area contributed by atoms with E-state index in [1.54, 1.807) is 6.20 Å². The molecule has 0 bridgehead atoms. The predicted molar refractivity (Wildman–Crippen MR) is 123 cm³/mol. The van der Waals surface area contributed by atoms with Crippen molar-refractivity contribution in [1.82, 2.24) is 15.0 Å². The molecule has 1 amide bonds. The molecule has 2 heterocycles. The van der Waals surface area contributed by atoms with Crippen LogP contribution in [0.4, 0.5) is 17.3 Å². The van der Waals surface area contributed by atoms with Crippen molar-refractivity contribution in [2.45, 2.75) is 18.9 Å². The molecular formula is C23H21ClN6O. The zero-order valence-corrected chi connectivity index (χ0v) is 17.4. The average molecular weight is 433 g/mol. The van der Waals surface area contributed by atoms with Crippen molar-refractivity contribution in [3.8, 4) is 11.3 Å². The van der Waals surface area contributed by atoms with Crippen LogP contribution in [0.2, 0.25) is 5.02 Å². The molecule has 0 spiro atoms. The van der Waals surface area contributed by atoms with Crippen LogP contribution >= 0.6 is 11.6 Å². The highest BCUT2D eigenvalue weighted by atomic mass is 35.5. The van der Waals surface area contributed by atoms with Gasteiger partial charge >= 0.3 is 0 Å². The number of aromatic amines is 1. The normalized spacial score (nSPS) is 17.9. The number of hydrogen-bond donors (Lipinski definition) is 4. The van der Waals surface area contributed by atoms with Gasteiger partial charge in [0, 0.05) is 46.0 Å². The van der Waals surface area contributed by atoms with E-state index in [1.165, 1.54) is 0 Å². The molecule has 31 heavy (non-hydrogen) atoms. The number of carbonyl (C=O) groups is 1. The van der Waals surface area contributed by atoms with Gasteiger partial charge in [-0.3, -0.25) is 4.79 Å². The van der Waals surface area contributed by atoms with Gasteiger partial charge in [-0.05, 0) is 37.1 Å². The van der Waals surface area contributed by atoms with Gasteiger partial charge in [-0.15, -0.1) is 0 Å². The first-order valence-corrected chi connectivity index (χ1v) is 10.5. The zero-order valence-electron chi connectivity index (χ0n) is 16.6. The molecule has 156 valence electrons. The summed E-state index contributed by atoms with van der Waals surface area (Å²) in [5.74, 6) is 0.409. The Kier molecular flexibility index (Phi) is 5.05. The monoisotopic (exact) mass is 432 g/mol. The maximum absolute atomic E-state index is 12.3. The first-order chi connectivity index (χ1) is 15.1. The van der Waals surface area contributed by atoms with Gasteiger partial charge in [0.25, 0.3) is 0 Å². The lowest BCUT2D eigenvalue weighted by atomic mass is 9.80. The number of halogens is 1. The molecule has 1 saturated carbocycles. The standard InChI is InChI=1S/C23H21ClN6O/c24-19-12-27-23(30-21(19)18-11-26-20-7-2-1-6-17(18)20)29-16-5-3-4-15(10-16)28-22(31)13-8-14(25)9-13/h1-7,10-14,26H,8-9,25H2,(H,28,31)(H,27,29,30). The smallest absolute Gasteiger partial charge is 0.227 e. The van der Waals surface area contributed by atoms with E-state index in [-0.39, 0.29) is 17.9 Å². The molecular weight excluding hydrogens is 412 g/mol. The number of rotatable bonds is 5. The third-order valence-corrected chi connectivity index (χ3v) is 5.80. The van der Waals surface area contributed by atoms with Crippen molar-refractivity contribution in [3.63, 3.8) is 0 Å². The van der Waals surface area contributed by atoms with E-state index in [0.717, 1.165) is 35.0 Å². The number of anilines is 3. The molecule has 0 unspecified atom stereocenters. The van der Waals surface area contributed by atoms with E-state index in [1.807, 2.05) is 54.7 Å². The number of nitrogens with one attached hydrogen (secondary N) is 3. The number of para-hydroxylation sites is 1. The molecule has 4 aromatic rings. The van der Waals surface area contributed by atoms with Crippen LogP contribution in [0.15, 0.2) is 60.9 Å². The highest BCUT2D eigenvalue weighted by Crippen LogP contribution is 2.33. The van der Waals surface area contributed by atoms with Crippen LogP contribution in [0.1, 0.15) is 12.8 Å². The molecule has 0 radical (unpaired) electrons. The van der Waals surface area contributed by atoms with E-state index >= 15 is 0 Å². The summed E-state index contributed by atoms with van der Waals surface area (Å²) in [5, 5.41) is 7.65. The highest BCUT2D eigenvalue weighted by molar-refractivity contribution is 6.33. The van der Waals surface area contributed by atoms with Crippen molar-refractivity contribution >= 4 is 45.7 Å². The van der Waals surface area contributed by atoms with Gasteiger partial charge < -0.3 is 21.4 Å². The molecule has 7 nitrogen and oxygen atoms in total. The van der Waals surface area contributed by atoms with Gasteiger partial charge in [-0.2, -0.15) is 0 Å². The molecule has 5 N–H and O–H groups in total. The second-order valence-electron chi connectivity index (χ2n) is 7.76. The van der Waals surface area contributed by atoms with E-state index in [9.17, 15) is 4.79 Å². The van der Waals surface area contributed by atoms with Crippen molar-refractivity contribution in [2.75, 3.05) is 10.6 Å². The van der Waals surface area contributed by atoms with Crippen LogP contribution in [-0.4, -0.2) is 26.9 Å². The van der Waals surface area contributed by atoms with E-state index in [2.05, 4.69) is 25.6 Å². The largest absolute Gasteiger partial charge is 0.360 e. The lowest BCUT2D eigenvalue weighted by Gasteiger charge is -2.31. The lowest BCUT2D eigenvalue weighted by Crippen LogP contribution is -2.42. The second-order valence-corrected chi connectivity index (χ2v) is 8.17. The maximum atomic E-state index is 12.3. The topological polar surface area (TPSA) is 109 Å². The highest BCUT2D eigenvalue weighted by Gasteiger charge is 2.31. The van der Waals surface area contributed by atoms with Crippen LogP contribution in [0.25, 0.3) is 22.2 Å². The Balaban J connectivity index is 1.37. The molecule has 1 aliphatic carbocycles. The van der Waals surface area contributed by atoms with Gasteiger partial charge in [0.15, 0.2) is 0 Å². The Morgan fingerprint density at radius 2 is 1.94 bits per heavy atom. The number of amides is 1. The minimum absolute atomic E-state index is 0.00298. The van der Waals surface area contributed by atoms with Crippen LogP contribution < -0.4 is 16.4 Å². The van der Waals surface area contributed by atoms with Crippen molar-refractivity contribution < 1.29 is 4.79 Å². The Morgan fingerprint density at radius 3 is 2.77 bits per heavy atom. The van der Waals surface area contributed by atoms with Crippen molar-refractivity contribution in [3.05, 3.63) is 65.9 Å². The summed E-state index contributed by atoms with van der Waals surface area (Å²) in [6.45, 7) is 0. The third kappa shape index (κ3) is 3.97. The van der Waals surface area contributed by atoms with Crippen LogP contribution in [0.3, 0.4) is 0 Å². The summed E-state index contributed by atoms with van der Waals surface area (Å²) in [6, 6.07) is 15.6. The third-order valence-electron chi connectivity index (χ3n) is 5.52. The molecule has 0 aliphatic heterocycles. The quantitative estimate of drug-likeness (QED) is 0.365. The summed E-state index contributed by atoms with van der Waals surface area (Å²) in [5.41, 5.74) is 9.81. The maximum Gasteiger partial charge on any atom is 0.227 e. The van der Waals surface area contributed by atoms with Crippen LogP contribution in [0, 0.1) is 5.92 Å². The fourth-order valence-corrected chi connectivity index (χ4v) is 4.00. The molecule has 1 aliphatic rings. The lowest BCUT2D eigenvalue weighted by molar-refractivity contribution is -0.122. The zero-order chi connectivity index (χ0) is 21.4. The van der Waals surface area contributed by atoms with E-state index in [0.29, 0.717) is 22.4 Å². The number of H-pyrrole nitrogens is 1. The average Bonchev–Trinajstić information content (AvgIpc) is 3.17. The van der Waals surface area contributed by atoms with Gasteiger partial charge in [0.2, 0.25) is 11.9 Å². The molecule has 0 atom stereocenters. The number of benzene rings is 2. The van der Waals surface area contributed by atoms with E-state index < -0.39 is 0 Å². The summed E-state index contributed by atoms with van der Waals surface area (Å²) >= 11 is 6.41.